The minimum atomic E-state index is -0.656. The molecule has 0 N–H and O–H groups in total. The van der Waals surface area contributed by atoms with Gasteiger partial charge in [-0.25, -0.2) is 0 Å². The average Bonchev–Trinajstić information content (AvgIpc) is 3.56. The van der Waals surface area contributed by atoms with E-state index in [1.54, 1.807) is 6.08 Å². The number of nitrogens with zero attached hydrogens (tertiary/aromatic N) is 1. The fraction of sp³-hybridized carbons (Fsp3) is 0.0943. The number of rotatable bonds is 2. The maximum atomic E-state index is 7.23. The Morgan fingerprint density at radius 2 is 1.53 bits per heavy atom. The van der Waals surface area contributed by atoms with Crippen molar-refractivity contribution in [2.75, 3.05) is 0 Å². The lowest BCUT2D eigenvalue weighted by atomic mass is 9.65. The second-order valence-electron chi connectivity index (χ2n) is 14.9. The molecule has 2 heterocycles. The van der Waals surface area contributed by atoms with Gasteiger partial charge >= 0.3 is 0 Å². The van der Waals surface area contributed by atoms with Crippen molar-refractivity contribution in [1.29, 1.82) is 0 Å². The first-order chi connectivity index (χ1) is 27.2. The van der Waals surface area contributed by atoms with Crippen LogP contribution in [0.4, 0.5) is 0 Å². The van der Waals surface area contributed by atoms with Gasteiger partial charge in [0, 0.05) is 27.8 Å². The summed E-state index contributed by atoms with van der Waals surface area (Å²) in [6.07, 6.45) is 18.6. The molecule has 6 aromatic carbocycles. The fourth-order valence-electron chi connectivity index (χ4n) is 9.91. The van der Waals surface area contributed by atoms with Crippen LogP contribution in [-0.4, -0.2) is 4.57 Å². The molecule has 0 saturated heterocycles. The molecule has 0 unspecified atom stereocenters. The molecule has 260 valence electrons. The first-order valence-corrected chi connectivity index (χ1v) is 19.3. The number of aryl methyl sites for hydroxylation is 1. The van der Waals surface area contributed by atoms with Crippen LogP contribution in [0.2, 0.25) is 0 Å². The average molecular weight is 704 g/mol. The van der Waals surface area contributed by atoms with Gasteiger partial charge in [0.25, 0.3) is 0 Å². The maximum Gasteiger partial charge on any atom is 0.142 e. The van der Waals surface area contributed by atoms with Crippen LogP contribution in [0.15, 0.2) is 164 Å². The standard InChI is InChI=1S/C53H37NO/c1-3-4-24-43-34(2)39-20-9-10-25-44(39)53(43)45-26-11-12-27-49(45)55-52-46(53)31-33-48-51(52)50-42-22-8-6-16-37(42)29-32-47(50)54(48)38-19-13-17-36(28-30-38)41-23-14-18-35-15-5-7-21-40(35)41/h3,6-14,16,18-23,25-33H,1,5,15,17H2,2H3/t53-/m0/s1. The van der Waals surface area contributed by atoms with Crippen LogP contribution in [-0.2, 0) is 11.8 Å². The summed E-state index contributed by atoms with van der Waals surface area (Å²) in [4.78, 5) is 0. The van der Waals surface area contributed by atoms with Gasteiger partial charge in [-0.3, -0.25) is 0 Å². The third kappa shape index (κ3) is 4.39. The monoisotopic (exact) mass is 703 g/mol. The van der Waals surface area contributed by atoms with E-state index in [2.05, 4.69) is 182 Å². The van der Waals surface area contributed by atoms with Gasteiger partial charge in [-0.15, -0.1) is 0 Å². The van der Waals surface area contributed by atoms with Crippen molar-refractivity contribution in [3.05, 3.63) is 203 Å². The van der Waals surface area contributed by atoms with Crippen molar-refractivity contribution in [2.45, 2.75) is 31.6 Å². The van der Waals surface area contributed by atoms with E-state index in [-0.39, 0.29) is 0 Å². The molecule has 0 fully saturated rings. The van der Waals surface area contributed by atoms with Gasteiger partial charge in [0.05, 0.1) is 21.8 Å². The number of fused-ring (bicyclic) bond motifs is 13. The molecule has 0 saturated carbocycles. The minimum absolute atomic E-state index is 0.656. The Morgan fingerprint density at radius 3 is 2.45 bits per heavy atom. The molecule has 3 aliphatic carbocycles. The predicted octanol–water partition coefficient (Wildman–Crippen LogP) is 13.2. The predicted molar refractivity (Wildman–Crippen MR) is 230 cm³/mol. The molecule has 0 amide bonds. The Hall–Kier alpha value is -6.82. The third-order valence-corrected chi connectivity index (χ3v) is 12.2. The molecule has 11 rings (SSSR count). The van der Waals surface area contributed by atoms with Gasteiger partial charge in [0.1, 0.15) is 11.5 Å². The molecule has 2 nitrogen and oxygen atoms in total. The zero-order valence-corrected chi connectivity index (χ0v) is 30.7. The van der Waals surface area contributed by atoms with Crippen molar-refractivity contribution < 1.29 is 4.74 Å². The van der Waals surface area contributed by atoms with E-state index >= 15 is 0 Å². The zero-order valence-electron chi connectivity index (χ0n) is 30.7. The molecule has 2 heteroatoms. The van der Waals surface area contributed by atoms with Crippen molar-refractivity contribution in [1.82, 2.24) is 4.57 Å². The Labute approximate surface area is 321 Å². The number of allylic oxidation sites excluding steroid dienone is 10. The summed E-state index contributed by atoms with van der Waals surface area (Å²) in [6.45, 7) is 6.19. The summed E-state index contributed by atoms with van der Waals surface area (Å²) in [5.74, 6) is 8.60. The van der Waals surface area contributed by atoms with Gasteiger partial charge in [-0.05, 0) is 112 Å². The van der Waals surface area contributed by atoms with Crippen molar-refractivity contribution in [3.8, 4) is 23.3 Å². The summed E-state index contributed by atoms with van der Waals surface area (Å²) in [7, 11) is 0. The van der Waals surface area contributed by atoms with Crippen molar-refractivity contribution in [3.63, 3.8) is 0 Å². The lowest BCUT2D eigenvalue weighted by molar-refractivity contribution is 0.442. The number of benzene rings is 6. The second-order valence-corrected chi connectivity index (χ2v) is 14.9. The molecule has 1 spiro atoms. The van der Waals surface area contributed by atoms with E-state index in [4.69, 9.17) is 4.74 Å². The van der Waals surface area contributed by atoms with Crippen LogP contribution in [0.3, 0.4) is 0 Å². The van der Waals surface area contributed by atoms with Crippen LogP contribution in [0.25, 0.3) is 55.5 Å². The summed E-state index contributed by atoms with van der Waals surface area (Å²) >= 11 is 0. The van der Waals surface area contributed by atoms with E-state index in [1.807, 2.05) is 0 Å². The van der Waals surface area contributed by atoms with Crippen molar-refractivity contribution in [2.24, 2.45) is 0 Å². The molecule has 0 bridgehead atoms. The Balaban J connectivity index is 1.23. The van der Waals surface area contributed by atoms with Gasteiger partial charge in [0.15, 0.2) is 0 Å². The van der Waals surface area contributed by atoms with Crippen LogP contribution in [0.5, 0.6) is 11.5 Å². The number of hydrogen-bond donors (Lipinski definition) is 0. The molecule has 1 aliphatic heterocycles. The van der Waals surface area contributed by atoms with Crippen LogP contribution < -0.4 is 4.74 Å². The Bertz CT molecular complexity index is 3070. The summed E-state index contributed by atoms with van der Waals surface area (Å²) in [5.41, 5.74) is 15.1. The summed E-state index contributed by atoms with van der Waals surface area (Å²) < 4.78 is 9.67. The highest BCUT2D eigenvalue weighted by molar-refractivity contribution is 6.24. The van der Waals surface area contributed by atoms with Gasteiger partial charge in [-0.1, -0.05) is 140 Å². The van der Waals surface area contributed by atoms with Gasteiger partial charge in [-0.2, -0.15) is 0 Å². The lowest BCUT2D eigenvalue weighted by Gasteiger charge is -2.39. The summed E-state index contributed by atoms with van der Waals surface area (Å²) in [6, 6.07) is 42.0. The van der Waals surface area contributed by atoms with Crippen molar-refractivity contribution >= 4 is 55.5 Å². The lowest BCUT2D eigenvalue weighted by Crippen LogP contribution is -2.33. The molecule has 0 radical (unpaired) electrons. The van der Waals surface area contributed by atoms with Crippen LogP contribution in [0.1, 0.15) is 58.7 Å². The summed E-state index contributed by atoms with van der Waals surface area (Å²) in [5, 5.41) is 4.71. The highest BCUT2D eigenvalue weighted by Gasteiger charge is 2.52. The number of para-hydroxylation sites is 1. The number of ether oxygens (including phenoxy) is 1. The molecule has 55 heavy (non-hydrogen) atoms. The van der Waals surface area contributed by atoms with E-state index in [9.17, 15) is 0 Å². The minimum Gasteiger partial charge on any atom is -0.456 e. The first kappa shape index (κ1) is 31.7. The number of hydrogen-bond acceptors (Lipinski definition) is 1. The molecule has 1 atom stereocenters. The van der Waals surface area contributed by atoms with E-state index in [0.717, 1.165) is 69.6 Å². The molecular weight excluding hydrogens is 667 g/mol. The van der Waals surface area contributed by atoms with E-state index < -0.39 is 5.41 Å². The molecule has 1 aromatic heterocycles. The largest absolute Gasteiger partial charge is 0.456 e. The molecule has 7 aromatic rings. The Morgan fingerprint density at radius 1 is 0.727 bits per heavy atom. The third-order valence-electron chi connectivity index (χ3n) is 12.2. The highest BCUT2D eigenvalue weighted by Crippen LogP contribution is 2.62. The van der Waals surface area contributed by atoms with Gasteiger partial charge in [0.2, 0.25) is 0 Å². The Kier molecular flexibility index (Phi) is 6.97. The SMILES string of the molecule is C=CC#CC1=C(C)c2ccccc2[C@]12c1ccccc1Oc1c2ccc2c1c1c3ccccc3ccc1n2C1=CC=C(c2cccc3c2C=CCC3)CC=C1. The van der Waals surface area contributed by atoms with Gasteiger partial charge < -0.3 is 9.30 Å². The van der Waals surface area contributed by atoms with Crippen LogP contribution in [0, 0.1) is 11.8 Å². The maximum absolute atomic E-state index is 7.23. The molecular formula is C53H37NO. The smallest absolute Gasteiger partial charge is 0.142 e. The highest BCUT2D eigenvalue weighted by atomic mass is 16.5. The van der Waals surface area contributed by atoms with E-state index in [1.165, 1.54) is 55.1 Å². The van der Waals surface area contributed by atoms with E-state index in [0.29, 0.717) is 0 Å². The molecule has 4 aliphatic rings. The second kappa shape index (κ2) is 12.1. The topological polar surface area (TPSA) is 14.2 Å². The quantitative estimate of drug-likeness (QED) is 0.164. The zero-order chi connectivity index (χ0) is 36.7. The fourth-order valence-corrected chi connectivity index (χ4v) is 9.91. The normalized spacial score (nSPS) is 17.8. The number of aromatic nitrogens is 1. The van der Waals surface area contributed by atoms with Crippen LogP contribution >= 0.6 is 0 Å². The first-order valence-electron chi connectivity index (χ1n) is 19.3.